The van der Waals surface area contributed by atoms with E-state index in [1.807, 2.05) is 24.3 Å². The molecule has 5 heterocycles. The van der Waals surface area contributed by atoms with Crippen LogP contribution in [0.1, 0.15) is 0 Å². The maximum absolute atomic E-state index is 13.5. The third-order valence-corrected chi connectivity index (χ3v) is 7.07. The van der Waals surface area contributed by atoms with Gasteiger partial charge < -0.3 is 23.9 Å². The van der Waals surface area contributed by atoms with Gasteiger partial charge in [-0.2, -0.15) is 15.0 Å². The number of oxazole rings is 1. The number of halogens is 2. The van der Waals surface area contributed by atoms with Gasteiger partial charge in [-0.3, -0.25) is 0 Å². The predicted molar refractivity (Wildman–Crippen MR) is 170 cm³/mol. The van der Waals surface area contributed by atoms with Crippen LogP contribution in [0.4, 0.5) is 32.1 Å². The lowest BCUT2D eigenvalue weighted by atomic mass is 10.2. The molecule has 0 atom stereocenters. The van der Waals surface area contributed by atoms with Gasteiger partial charge in [-0.15, -0.1) is 5.10 Å². The topological polar surface area (TPSA) is 146 Å². The zero-order valence-electron chi connectivity index (χ0n) is 24.6. The summed E-state index contributed by atoms with van der Waals surface area (Å²) < 4.78 is 46.1. The number of hydrogen-bond donors (Lipinski definition) is 2. The first-order valence-corrected chi connectivity index (χ1v) is 14.5. The molecule has 0 aliphatic carbocycles. The van der Waals surface area contributed by atoms with Crippen molar-refractivity contribution >= 4 is 23.3 Å². The Labute approximate surface area is 269 Å². The number of furan rings is 2. The van der Waals surface area contributed by atoms with E-state index in [1.165, 1.54) is 24.3 Å². The van der Waals surface area contributed by atoms with Crippen molar-refractivity contribution in [1.29, 1.82) is 0 Å². The zero-order valence-corrected chi connectivity index (χ0v) is 24.6. The summed E-state index contributed by atoms with van der Waals surface area (Å²) in [6.45, 7) is 0. The molecule has 2 N–H and O–H groups in total. The van der Waals surface area contributed by atoms with Crippen LogP contribution in [0.5, 0.6) is 0 Å². The van der Waals surface area contributed by atoms with Crippen LogP contribution in [0.15, 0.2) is 129 Å². The molecule has 0 saturated heterocycles. The summed E-state index contributed by atoms with van der Waals surface area (Å²) in [5.74, 6) is 1.44. The lowest BCUT2D eigenvalue weighted by molar-refractivity contribution is 0.527. The first kappa shape index (κ1) is 28.5. The summed E-state index contributed by atoms with van der Waals surface area (Å²) >= 11 is 0. The second-order valence-electron chi connectivity index (χ2n) is 10.3. The standard InChI is InChI=1S/C34H21F2N9O3/c35-20-9-13-22(14-10-20)37-33-40-31(41-34(42-33)38-23-15-11-21(36)12-16-23)25-19-45(44-43-25)26-6-2-1-5-24(26)32-39-29(27-7-3-17-46-27)30(48-32)28-8-4-18-47-28/h1-19H,(H2,37,38,40,41,42). The molecule has 3 aromatic carbocycles. The monoisotopic (exact) mass is 641 g/mol. The molecule has 0 unspecified atom stereocenters. The second-order valence-corrected chi connectivity index (χ2v) is 10.3. The molecule has 0 fully saturated rings. The van der Waals surface area contributed by atoms with Crippen molar-refractivity contribution in [3.63, 3.8) is 0 Å². The minimum atomic E-state index is -0.383. The molecule has 0 aliphatic heterocycles. The molecule has 0 spiro atoms. The minimum Gasteiger partial charge on any atom is -0.463 e. The van der Waals surface area contributed by atoms with E-state index in [0.717, 1.165) is 0 Å². The number of aromatic nitrogens is 7. The minimum absolute atomic E-state index is 0.155. The molecular formula is C34H21F2N9O3. The zero-order chi connectivity index (χ0) is 32.5. The SMILES string of the molecule is Fc1ccc(Nc2nc(Nc3ccc(F)cc3)nc(-c3cn(-c4ccccc4-c4nc(-c5ccco5)c(-c5ccco5)o4)nn3)n2)cc1. The first-order chi connectivity index (χ1) is 23.6. The first-order valence-electron chi connectivity index (χ1n) is 14.5. The average Bonchev–Trinajstić information content (AvgIpc) is 3.94. The van der Waals surface area contributed by atoms with Gasteiger partial charge in [0.05, 0.1) is 30.0 Å². The van der Waals surface area contributed by atoms with Crippen molar-refractivity contribution in [2.45, 2.75) is 0 Å². The highest BCUT2D eigenvalue weighted by Gasteiger charge is 2.24. The van der Waals surface area contributed by atoms with Gasteiger partial charge >= 0.3 is 0 Å². The molecular weight excluding hydrogens is 620 g/mol. The van der Waals surface area contributed by atoms with Crippen LogP contribution >= 0.6 is 0 Å². The molecule has 14 heteroatoms. The van der Waals surface area contributed by atoms with Gasteiger partial charge in [-0.1, -0.05) is 17.3 Å². The summed E-state index contributed by atoms with van der Waals surface area (Å²) in [5.41, 5.74) is 3.12. The summed E-state index contributed by atoms with van der Waals surface area (Å²) in [6, 6.07) is 25.9. The van der Waals surface area contributed by atoms with E-state index in [-0.39, 0.29) is 29.4 Å². The van der Waals surface area contributed by atoms with Gasteiger partial charge in [0.25, 0.3) is 0 Å². The van der Waals surface area contributed by atoms with Crippen molar-refractivity contribution in [3.05, 3.63) is 127 Å². The highest BCUT2D eigenvalue weighted by molar-refractivity contribution is 5.76. The molecule has 234 valence electrons. The van der Waals surface area contributed by atoms with Crippen LogP contribution in [0.2, 0.25) is 0 Å². The van der Waals surface area contributed by atoms with Crippen molar-refractivity contribution in [1.82, 2.24) is 34.9 Å². The number of hydrogen-bond acceptors (Lipinski definition) is 11. The van der Waals surface area contributed by atoms with E-state index in [1.54, 1.807) is 71.9 Å². The van der Waals surface area contributed by atoms with Crippen LogP contribution < -0.4 is 10.6 Å². The summed E-state index contributed by atoms with van der Waals surface area (Å²) in [7, 11) is 0. The number of anilines is 4. The highest BCUT2D eigenvalue weighted by Crippen LogP contribution is 2.38. The fraction of sp³-hybridized carbons (Fsp3) is 0. The molecule has 0 amide bonds. The van der Waals surface area contributed by atoms with Gasteiger partial charge in [-0.05, 0) is 84.9 Å². The molecule has 0 radical (unpaired) electrons. The molecule has 0 saturated carbocycles. The number of nitrogens with zero attached hydrogens (tertiary/aromatic N) is 7. The van der Waals surface area contributed by atoms with Crippen LogP contribution in [0.25, 0.3) is 51.6 Å². The third kappa shape index (κ3) is 5.76. The van der Waals surface area contributed by atoms with E-state index in [0.29, 0.717) is 57.2 Å². The second kappa shape index (κ2) is 12.1. The van der Waals surface area contributed by atoms with Gasteiger partial charge in [0.1, 0.15) is 11.6 Å². The van der Waals surface area contributed by atoms with Crippen LogP contribution in [-0.2, 0) is 0 Å². The fourth-order valence-electron chi connectivity index (χ4n) is 4.86. The normalized spacial score (nSPS) is 11.1. The Hall–Kier alpha value is -6.96. The van der Waals surface area contributed by atoms with Gasteiger partial charge in [0, 0.05) is 11.4 Å². The van der Waals surface area contributed by atoms with E-state index in [2.05, 4.69) is 35.9 Å². The fourth-order valence-corrected chi connectivity index (χ4v) is 4.86. The van der Waals surface area contributed by atoms with Gasteiger partial charge in [0.15, 0.2) is 28.7 Å². The van der Waals surface area contributed by atoms with Crippen LogP contribution in [0.3, 0.4) is 0 Å². The molecule has 8 aromatic rings. The summed E-state index contributed by atoms with van der Waals surface area (Å²) in [4.78, 5) is 18.3. The lowest BCUT2D eigenvalue weighted by Crippen LogP contribution is -2.05. The Balaban J connectivity index is 1.17. The van der Waals surface area contributed by atoms with E-state index >= 15 is 0 Å². The average molecular weight is 642 g/mol. The number of nitrogens with one attached hydrogen (secondary N) is 2. The number of para-hydroxylation sites is 1. The predicted octanol–water partition coefficient (Wildman–Crippen LogP) is 8.06. The van der Waals surface area contributed by atoms with E-state index < -0.39 is 0 Å². The van der Waals surface area contributed by atoms with Crippen molar-refractivity contribution in [2.24, 2.45) is 0 Å². The van der Waals surface area contributed by atoms with Gasteiger partial charge in [0.2, 0.25) is 23.5 Å². The quantitative estimate of drug-likeness (QED) is 0.158. The van der Waals surface area contributed by atoms with Crippen molar-refractivity contribution in [3.8, 4) is 51.6 Å². The number of rotatable bonds is 9. The smallest absolute Gasteiger partial charge is 0.232 e. The Bertz CT molecular complexity index is 2200. The van der Waals surface area contributed by atoms with Crippen LogP contribution in [-0.4, -0.2) is 34.9 Å². The highest BCUT2D eigenvalue weighted by atomic mass is 19.1. The molecule has 0 bridgehead atoms. The lowest BCUT2D eigenvalue weighted by Gasteiger charge is -2.10. The van der Waals surface area contributed by atoms with Crippen molar-refractivity contribution in [2.75, 3.05) is 10.6 Å². The van der Waals surface area contributed by atoms with Crippen molar-refractivity contribution < 1.29 is 22.0 Å². The Morgan fingerprint density at radius 2 is 1.25 bits per heavy atom. The Morgan fingerprint density at radius 3 is 1.88 bits per heavy atom. The van der Waals surface area contributed by atoms with Crippen LogP contribution in [0, 0.1) is 11.6 Å². The molecule has 12 nitrogen and oxygen atoms in total. The molecule has 0 aliphatic rings. The largest absolute Gasteiger partial charge is 0.463 e. The summed E-state index contributed by atoms with van der Waals surface area (Å²) in [6.07, 6.45) is 4.76. The third-order valence-electron chi connectivity index (χ3n) is 7.07. The molecule has 5 aromatic heterocycles. The van der Waals surface area contributed by atoms with E-state index in [4.69, 9.17) is 18.2 Å². The maximum Gasteiger partial charge on any atom is 0.232 e. The molecule has 48 heavy (non-hydrogen) atoms. The summed E-state index contributed by atoms with van der Waals surface area (Å²) in [5, 5.41) is 14.8. The molecule has 8 rings (SSSR count). The van der Waals surface area contributed by atoms with E-state index in [9.17, 15) is 8.78 Å². The Morgan fingerprint density at radius 1 is 0.625 bits per heavy atom. The van der Waals surface area contributed by atoms with Gasteiger partial charge in [-0.25, -0.2) is 18.4 Å². The number of benzene rings is 3. The maximum atomic E-state index is 13.5. The Kier molecular flexibility index (Phi) is 7.18.